The molecule has 2 aromatic rings. The molecule has 0 aliphatic carbocycles. The first-order valence-electron chi connectivity index (χ1n) is 8.96. The number of carbonyl (C=O) groups is 1. The van der Waals surface area contributed by atoms with E-state index in [0.717, 1.165) is 30.6 Å². The van der Waals surface area contributed by atoms with Crippen molar-refractivity contribution >= 4 is 5.91 Å². The second kappa shape index (κ2) is 6.78. The van der Waals surface area contributed by atoms with Crippen molar-refractivity contribution in [2.45, 2.75) is 37.3 Å². The standard InChI is InChI=1S/C21H24N2O/c24-21(23-14-13-18-11-12-19(15-23)22-18)20(16-7-3-1-4-8-16)17-9-5-2-6-10-17/h1-10,18-20,22H,11-15H2. The van der Waals surface area contributed by atoms with Crippen LogP contribution in [0, 0.1) is 0 Å². The van der Waals surface area contributed by atoms with Gasteiger partial charge in [0.25, 0.3) is 0 Å². The van der Waals surface area contributed by atoms with E-state index in [1.54, 1.807) is 0 Å². The molecular formula is C21H24N2O. The maximum atomic E-state index is 13.4. The number of carbonyl (C=O) groups excluding carboxylic acids is 1. The maximum absolute atomic E-state index is 13.4. The highest BCUT2D eigenvalue weighted by Crippen LogP contribution is 2.29. The first-order valence-corrected chi connectivity index (χ1v) is 8.96. The number of amides is 1. The Morgan fingerprint density at radius 2 is 1.46 bits per heavy atom. The summed E-state index contributed by atoms with van der Waals surface area (Å²) < 4.78 is 0. The zero-order chi connectivity index (χ0) is 16.4. The van der Waals surface area contributed by atoms with Crippen LogP contribution in [0.15, 0.2) is 60.7 Å². The molecule has 2 heterocycles. The van der Waals surface area contributed by atoms with Gasteiger partial charge in [0.2, 0.25) is 5.91 Å². The molecule has 0 saturated carbocycles. The lowest BCUT2D eigenvalue weighted by Crippen LogP contribution is -2.41. The predicted octanol–water partition coefficient (Wildman–Crippen LogP) is 3.17. The molecular weight excluding hydrogens is 296 g/mol. The SMILES string of the molecule is O=C(C(c1ccccc1)c1ccccc1)N1CCC2CCC(C1)N2. The number of fused-ring (bicyclic) bond motifs is 2. The topological polar surface area (TPSA) is 32.3 Å². The van der Waals surface area contributed by atoms with E-state index in [1.807, 2.05) is 36.4 Å². The molecule has 0 spiro atoms. The Bertz CT molecular complexity index is 646. The second-order valence-corrected chi connectivity index (χ2v) is 6.97. The van der Waals surface area contributed by atoms with E-state index < -0.39 is 0 Å². The summed E-state index contributed by atoms with van der Waals surface area (Å²) in [6.45, 7) is 1.70. The number of benzene rings is 2. The Labute approximate surface area is 143 Å². The third-order valence-electron chi connectivity index (χ3n) is 5.35. The van der Waals surface area contributed by atoms with Crippen LogP contribution in [-0.4, -0.2) is 36.0 Å². The fraction of sp³-hybridized carbons (Fsp3) is 0.381. The minimum Gasteiger partial charge on any atom is -0.340 e. The molecule has 2 bridgehead atoms. The van der Waals surface area contributed by atoms with Gasteiger partial charge in [0.15, 0.2) is 0 Å². The molecule has 24 heavy (non-hydrogen) atoms. The van der Waals surface area contributed by atoms with E-state index in [1.165, 1.54) is 12.8 Å². The number of hydrogen-bond donors (Lipinski definition) is 1. The summed E-state index contributed by atoms with van der Waals surface area (Å²) in [5.41, 5.74) is 2.16. The molecule has 2 unspecified atom stereocenters. The predicted molar refractivity (Wildman–Crippen MR) is 95.9 cm³/mol. The van der Waals surface area contributed by atoms with Gasteiger partial charge >= 0.3 is 0 Å². The molecule has 2 aliphatic rings. The van der Waals surface area contributed by atoms with Crippen molar-refractivity contribution in [3.05, 3.63) is 71.8 Å². The third kappa shape index (κ3) is 3.09. The van der Waals surface area contributed by atoms with Gasteiger partial charge in [-0.2, -0.15) is 0 Å². The van der Waals surface area contributed by atoms with E-state index in [2.05, 4.69) is 34.5 Å². The quantitative estimate of drug-likeness (QED) is 0.942. The molecule has 2 aromatic carbocycles. The highest BCUT2D eigenvalue weighted by atomic mass is 16.2. The average Bonchev–Trinajstić information content (AvgIpc) is 2.96. The maximum Gasteiger partial charge on any atom is 0.234 e. The lowest BCUT2D eigenvalue weighted by atomic mass is 9.89. The molecule has 2 fully saturated rings. The molecule has 3 heteroatoms. The van der Waals surface area contributed by atoms with E-state index in [9.17, 15) is 4.79 Å². The van der Waals surface area contributed by atoms with E-state index in [-0.39, 0.29) is 11.8 Å². The molecule has 2 atom stereocenters. The zero-order valence-electron chi connectivity index (χ0n) is 13.9. The van der Waals surface area contributed by atoms with Gasteiger partial charge in [-0.1, -0.05) is 60.7 Å². The van der Waals surface area contributed by atoms with Crippen molar-refractivity contribution in [3.63, 3.8) is 0 Å². The average molecular weight is 320 g/mol. The fourth-order valence-electron chi connectivity index (χ4n) is 4.09. The lowest BCUT2D eigenvalue weighted by molar-refractivity contribution is -0.132. The van der Waals surface area contributed by atoms with Crippen LogP contribution in [-0.2, 0) is 4.79 Å². The summed E-state index contributed by atoms with van der Waals surface area (Å²) >= 11 is 0. The second-order valence-electron chi connectivity index (χ2n) is 6.97. The van der Waals surface area contributed by atoms with Gasteiger partial charge in [0.05, 0.1) is 5.92 Å². The minimum atomic E-state index is -0.205. The highest BCUT2D eigenvalue weighted by molar-refractivity contribution is 5.87. The van der Waals surface area contributed by atoms with Crippen molar-refractivity contribution in [2.24, 2.45) is 0 Å². The van der Waals surface area contributed by atoms with Gasteiger partial charge in [0.1, 0.15) is 0 Å². The molecule has 2 saturated heterocycles. The van der Waals surface area contributed by atoms with Crippen LogP contribution in [0.25, 0.3) is 0 Å². The molecule has 1 amide bonds. The van der Waals surface area contributed by atoms with Gasteiger partial charge in [-0.05, 0) is 30.4 Å². The Balaban J connectivity index is 1.64. The number of rotatable bonds is 3. The Morgan fingerprint density at radius 3 is 2.08 bits per heavy atom. The van der Waals surface area contributed by atoms with E-state index in [4.69, 9.17) is 0 Å². The van der Waals surface area contributed by atoms with Crippen LogP contribution in [0.3, 0.4) is 0 Å². The normalized spacial score (nSPS) is 23.3. The summed E-state index contributed by atoms with van der Waals surface area (Å²) in [5, 5.41) is 3.66. The first-order chi connectivity index (χ1) is 11.8. The fourth-order valence-corrected chi connectivity index (χ4v) is 4.09. The monoisotopic (exact) mass is 320 g/mol. The first kappa shape index (κ1) is 15.4. The van der Waals surface area contributed by atoms with Crippen molar-refractivity contribution < 1.29 is 4.79 Å². The van der Waals surface area contributed by atoms with Crippen LogP contribution in [0.1, 0.15) is 36.3 Å². The van der Waals surface area contributed by atoms with Crippen molar-refractivity contribution in [1.82, 2.24) is 10.2 Å². The van der Waals surface area contributed by atoms with Crippen LogP contribution < -0.4 is 5.32 Å². The van der Waals surface area contributed by atoms with Crippen LogP contribution in [0.5, 0.6) is 0 Å². The molecule has 2 aliphatic heterocycles. The van der Waals surface area contributed by atoms with Crippen LogP contribution in [0.4, 0.5) is 0 Å². The zero-order valence-corrected chi connectivity index (χ0v) is 13.9. The highest BCUT2D eigenvalue weighted by Gasteiger charge is 2.34. The number of hydrogen-bond acceptors (Lipinski definition) is 2. The summed E-state index contributed by atoms with van der Waals surface area (Å²) in [7, 11) is 0. The summed E-state index contributed by atoms with van der Waals surface area (Å²) in [5.74, 6) is 0.0331. The minimum absolute atomic E-state index is 0.205. The Kier molecular flexibility index (Phi) is 4.35. The van der Waals surface area contributed by atoms with Crippen LogP contribution in [0.2, 0.25) is 0 Å². The van der Waals surface area contributed by atoms with Crippen molar-refractivity contribution in [2.75, 3.05) is 13.1 Å². The van der Waals surface area contributed by atoms with Gasteiger partial charge in [-0.3, -0.25) is 4.79 Å². The summed E-state index contributed by atoms with van der Waals surface area (Å²) in [6.07, 6.45) is 3.52. The van der Waals surface area contributed by atoms with Gasteiger partial charge < -0.3 is 10.2 Å². The number of likely N-dealkylation sites (tertiary alicyclic amines) is 1. The van der Waals surface area contributed by atoms with Crippen LogP contribution >= 0.6 is 0 Å². The molecule has 0 aromatic heterocycles. The molecule has 1 N–H and O–H groups in total. The van der Waals surface area contributed by atoms with Crippen molar-refractivity contribution in [3.8, 4) is 0 Å². The third-order valence-corrected chi connectivity index (χ3v) is 5.35. The van der Waals surface area contributed by atoms with E-state index in [0.29, 0.717) is 12.1 Å². The Morgan fingerprint density at radius 1 is 0.875 bits per heavy atom. The smallest absolute Gasteiger partial charge is 0.234 e. The summed E-state index contributed by atoms with van der Waals surface area (Å²) in [4.78, 5) is 15.5. The Hall–Kier alpha value is -2.13. The van der Waals surface area contributed by atoms with Gasteiger partial charge in [-0.25, -0.2) is 0 Å². The number of nitrogens with zero attached hydrogens (tertiary/aromatic N) is 1. The largest absolute Gasteiger partial charge is 0.340 e. The summed E-state index contributed by atoms with van der Waals surface area (Å²) in [6, 6.07) is 21.4. The van der Waals surface area contributed by atoms with Gasteiger partial charge in [-0.15, -0.1) is 0 Å². The molecule has 124 valence electrons. The lowest BCUT2D eigenvalue weighted by Gasteiger charge is -2.29. The molecule has 0 radical (unpaired) electrons. The molecule has 4 rings (SSSR count). The molecule has 3 nitrogen and oxygen atoms in total. The van der Waals surface area contributed by atoms with Gasteiger partial charge in [0, 0.05) is 25.2 Å². The van der Waals surface area contributed by atoms with Crippen molar-refractivity contribution in [1.29, 1.82) is 0 Å². The van der Waals surface area contributed by atoms with E-state index >= 15 is 0 Å². The number of nitrogens with one attached hydrogen (secondary N) is 1.